The number of carbonyl (C=O) groups excluding carboxylic acids is 2. The highest BCUT2D eigenvalue weighted by Crippen LogP contribution is 2.16. The zero-order valence-corrected chi connectivity index (χ0v) is 17.7. The predicted octanol–water partition coefficient (Wildman–Crippen LogP) is 6.05. The van der Waals surface area contributed by atoms with E-state index in [2.05, 4.69) is 13.8 Å². The van der Waals surface area contributed by atoms with E-state index >= 15 is 0 Å². The van der Waals surface area contributed by atoms with E-state index in [-0.39, 0.29) is 18.0 Å². The molecule has 4 heteroatoms. The van der Waals surface area contributed by atoms with Crippen LogP contribution in [0.5, 0.6) is 0 Å². The third kappa shape index (κ3) is 8.23. The van der Waals surface area contributed by atoms with Crippen molar-refractivity contribution in [2.75, 3.05) is 0 Å². The summed E-state index contributed by atoms with van der Waals surface area (Å²) in [5.41, 5.74) is 3.27. The maximum Gasteiger partial charge on any atom is 0.328 e. The van der Waals surface area contributed by atoms with Crippen LogP contribution in [0.4, 0.5) is 0 Å². The third-order valence-corrected chi connectivity index (χ3v) is 4.53. The number of carboxylic acids is 1. The Balaban J connectivity index is 0.000000262. The van der Waals surface area contributed by atoms with Crippen molar-refractivity contribution in [1.29, 1.82) is 0 Å². The maximum atomic E-state index is 12.1. The van der Waals surface area contributed by atoms with E-state index in [1.54, 1.807) is 42.5 Å². The summed E-state index contributed by atoms with van der Waals surface area (Å²) in [5.74, 6) is -0.753. The highest BCUT2D eigenvalue weighted by molar-refractivity contribution is 6.13. The molecule has 0 saturated heterocycles. The van der Waals surface area contributed by atoms with E-state index in [4.69, 9.17) is 5.11 Å². The predicted molar refractivity (Wildman–Crippen MR) is 123 cm³/mol. The number of carbonyl (C=O) groups is 3. The second-order valence-corrected chi connectivity index (χ2v) is 7.25. The van der Waals surface area contributed by atoms with Crippen LogP contribution in [0.15, 0.2) is 91.0 Å². The maximum absolute atomic E-state index is 12.1. The summed E-state index contributed by atoms with van der Waals surface area (Å²) in [6, 6.07) is 25.7. The summed E-state index contributed by atoms with van der Waals surface area (Å²) in [7, 11) is 0. The Hall–Kier alpha value is -3.79. The fourth-order valence-corrected chi connectivity index (χ4v) is 2.76. The highest BCUT2D eigenvalue weighted by atomic mass is 16.4. The van der Waals surface area contributed by atoms with E-state index in [1.807, 2.05) is 48.5 Å². The Kier molecular flexibility index (Phi) is 9.12. The van der Waals surface area contributed by atoms with Gasteiger partial charge in [-0.2, -0.15) is 0 Å². The van der Waals surface area contributed by atoms with Crippen molar-refractivity contribution >= 4 is 23.6 Å². The SMILES string of the molecule is CC(C)c1ccc(C(=O)CC(=O)c2ccccc2)cc1.O=C(O)/C=C/c1ccccc1. The number of carboxylic acid groups (broad SMARTS) is 1. The quantitative estimate of drug-likeness (QED) is 0.290. The molecular formula is C27H26O4. The lowest BCUT2D eigenvalue weighted by Crippen LogP contribution is -2.08. The minimum Gasteiger partial charge on any atom is -0.478 e. The third-order valence-electron chi connectivity index (χ3n) is 4.53. The number of rotatable bonds is 7. The van der Waals surface area contributed by atoms with Crippen molar-refractivity contribution in [3.8, 4) is 0 Å². The Morgan fingerprint density at radius 1 is 0.742 bits per heavy atom. The van der Waals surface area contributed by atoms with Gasteiger partial charge < -0.3 is 5.11 Å². The monoisotopic (exact) mass is 414 g/mol. The Bertz CT molecular complexity index is 1020. The van der Waals surface area contributed by atoms with E-state index in [9.17, 15) is 14.4 Å². The molecule has 0 aliphatic heterocycles. The van der Waals surface area contributed by atoms with Crippen LogP contribution in [0.1, 0.15) is 58.0 Å². The van der Waals surface area contributed by atoms with E-state index in [0.717, 1.165) is 11.6 Å². The molecular weight excluding hydrogens is 388 g/mol. The zero-order valence-electron chi connectivity index (χ0n) is 17.7. The minimum absolute atomic E-state index is 0.0783. The van der Waals surface area contributed by atoms with Crippen LogP contribution < -0.4 is 0 Å². The highest BCUT2D eigenvalue weighted by Gasteiger charge is 2.13. The molecule has 4 nitrogen and oxygen atoms in total. The Labute approximate surface area is 182 Å². The molecule has 3 aromatic carbocycles. The van der Waals surface area contributed by atoms with Crippen LogP contribution in [0.2, 0.25) is 0 Å². The van der Waals surface area contributed by atoms with Crippen molar-refractivity contribution < 1.29 is 19.5 Å². The second-order valence-electron chi connectivity index (χ2n) is 7.25. The molecule has 158 valence electrons. The normalized spacial score (nSPS) is 10.4. The average molecular weight is 415 g/mol. The molecule has 0 unspecified atom stereocenters. The van der Waals surface area contributed by atoms with Gasteiger partial charge in [0.15, 0.2) is 11.6 Å². The molecule has 0 fully saturated rings. The van der Waals surface area contributed by atoms with Crippen LogP contribution in [0, 0.1) is 0 Å². The van der Waals surface area contributed by atoms with Crippen LogP contribution in [-0.2, 0) is 4.79 Å². The molecule has 0 bridgehead atoms. The van der Waals surface area contributed by atoms with Gasteiger partial charge in [-0.25, -0.2) is 4.79 Å². The summed E-state index contributed by atoms with van der Waals surface area (Å²) in [6.07, 6.45) is 2.60. The lowest BCUT2D eigenvalue weighted by Gasteiger charge is -2.06. The average Bonchev–Trinajstić information content (AvgIpc) is 2.79. The minimum atomic E-state index is -0.922. The molecule has 0 radical (unpaired) electrons. The molecule has 0 saturated carbocycles. The lowest BCUT2D eigenvalue weighted by molar-refractivity contribution is -0.131. The molecule has 0 heterocycles. The Morgan fingerprint density at radius 2 is 1.23 bits per heavy atom. The molecule has 0 amide bonds. The van der Waals surface area contributed by atoms with Crippen LogP contribution in [0.3, 0.4) is 0 Å². The van der Waals surface area contributed by atoms with Gasteiger partial charge in [-0.15, -0.1) is 0 Å². The summed E-state index contributed by atoms with van der Waals surface area (Å²) in [4.78, 5) is 34.2. The van der Waals surface area contributed by atoms with Gasteiger partial charge in [0.1, 0.15) is 0 Å². The van der Waals surface area contributed by atoms with Crippen molar-refractivity contribution in [1.82, 2.24) is 0 Å². The topological polar surface area (TPSA) is 71.4 Å². The summed E-state index contributed by atoms with van der Waals surface area (Å²) in [5, 5.41) is 8.29. The van der Waals surface area contributed by atoms with E-state index in [0.29, 0.717) is 17.0 Å². The summed E-state index contributed by atoms with van der Waals surface area (Å²) < 4.78 is 0. The van der Waals surface area contributed by atoms with Gasteiger partial charge in [0, 0.05) is 17.2 Å². The zero-order chi connectivity index (χ0) is 22.6. The van der Waals surface area contributed by atoms with Crippen molar-refractivity contribution in [2.24, 2.45) is 0 Å². The summed E-state index contributed by atoms with van der Waals surface area (Å²) >= 11 is 0. The first-order valence-electron chi connectivity index (χ1n) is 10.0. The number of aliphatic carboxylic acids is 1. The van der Waals surface area contributed by atoms with Gasteiger partial charge in [0.2, 0.25) is 0 Å². The van der Waals surface area contributed by atoms with Crippen molar-refractivity contribution in [2.45, 2.75) is 26.2 Å². The van der Waals surface area contributed by atoms with Gasteiger partial charge >= 0.3 is 5.97 Å². The number of Topliss-reactive ketones (excluding diaryl/α,β-unsaturated/α-hetero) is 2. The molecule has 3 rings (SSSR count). The largest absolute Gasteiger partial charge is 0.478 e. The van der Waals surface area contributed by atoms with Gasteiger partial charge in [0.05, 0.1) is 6.42 Å². The first kappa shape index (κ1) is 23.5. The van der Waals surface area contributed by atoms with Crippen molar-refractivity contribution in [3.05, 3.63) is 113 Å². The van der Waals surface area contributed by atoms with Crippen LogP contribution in [-0.4, -0.2) is 22.6 Å². The second kappa shape index (κ2) is 12.0. The summed E-state index contributed by atoms with van der Waals surface area (Å²) in [6.45, 7) is 4.21. The molecule has 0 aliphatic carbocycles. The van der Waals surface area contributed by atoms with Crippen LogP contribution in [0.25, 0.3) is 6.08 Å². The molecule has 0 spiro atoms. The first-order chi connectivity index (χ1) is 14.9. The fraction of sp³-hybridized carbons (Fsp3) is 0.148. The Morgan fingerprint density at radius 3 is 1.71 bits per heavy atom. The van der Waals surface area contributed by atoms with Gasteiger partial charge in [0.25, 0.3) is 0 Å². The number of hydrogen-bond donors (Lipinski definition) is 1. The lowest BCUT2D eigenvalue weighted by atomic mass is 9.98. The van der Waals surface area contributed by atoms with Crippen LogP contribution >= 0.6 is 0 Å². The van der Waals surface area contributed by atoms with E-state index < -0.39 is 5.97 Å². The fourth-order valence-electron chi connectivity index (χ4n) is 2.76. The molecule has 0 aromatic heterocycles. The van der Waals surface area contributed by atoms with Gasteiger partial charge in [-0.05, 0) is 23.1 Å². The van der Waals surface area contributed by atoms with E-state index in [1.165, 1.54) is 5.56 Å². The smallest absolute Gasteiger partial charge is 0.328 e. The van der Waals surface area contributed by atoms with Gasteiger partial charge in [-0.1, -0.05) is 98.8 Å². The number of benzene rings is 3. The standard InChI is InChI=1S/C18H18O2.C9H8O2/c1-13(2)14-8-10-16(11-9-14)18(20)12-17(19)15-6-4-3-5-7-15;10-9(11)7-6-8-4-2-1-3-5-8/h3-11,13H,12H2,1-2H3;1-7H,(H,10,11)/b;7-6+. The number of ketones is 2. The molecule has 3 aromatic rings. The molecule has 0 atom stereocenters. The van der Waals surface area contributed by atoms with Gasteiger partial charge in [-0.3, -0.25) is 9.59 Å². The molecule has 0 aliphatic rings. The number of hydrogen-bond acceptors (Lipinski definition) is 3. The molecule has 1 N–H and O–H groups in total. The molecule has 31 heavy (non-hydrogen) atoms. The van der Waals surface area contributed by atoms with Crippen molar-refractivity contribution in [3.63, 3.8) is 0 Å². The first-order valence-corrected chi connectivity index (χ1v) is 10.0.